The maximum Gasteiger partial charge on any atom is 0.0135 e. The van der Waals surface area contributed by atoms with E-state index in [0.717, 1.165) is 5.25 Å². The second-order valence-corrected chi connectivity index (χ2v) is 6.14. The molecule has 0 aliphatic carbocycles. The van der Waals surface area contributed by atoms with Gasteiger partial charge in [0.2, 0.25) is 0 Å². The number of rotatable bonds is 9. The van der Waals surface area contributed by atoms with E-state index in [1.54, 1.807) is 0 Å². The summed E-state index contributed by atoms with van der Waals surface area (Å²) in [6.07, 6.45) is 8.04. The minimum absolute atomic E-state index is 0.594. The molecule has 0 heterocycles. The van der Waals surface area contributed by atoms with Crippen LogP contribution < -0.4 is 0 Å². The molecule has 0 spiro atoms. The van der Waals surface area contributed by atoms with Gasteiger partial charge in [0, 0.05) is 10.5 Å². The molecule has 0 bridgehead atoms. The van der Waals surface area contributed by atoms with E-state index in [2.05, 4.69) is 45.2 Å². The van der Waals surface area contributed by atoms with Crippen molar-refractivity contribution in [3.63, 3.8) is 0 Å². The highest BCUT2D eigenvalue weighted by Crippen LogP contribution is 2.23. The van der Waals surface area contributed by atoms with E-state index >= 15 is 0 Å². The molecule has 2 unspecified atom stereocenters. The summed E-state index contributed by atoms with van der Waals surface area (Å²) < 4.78 is 0. The first-order chi connectivity index (χ1) is 6.72. The van der Waals surface area contributed by atoms with Crippen LogP contribution in [-0.2, 0) is 0 Å². The van der Waals surface area contributed by atoms with Crippen LogP contribution in [-0.4, -0.2) is 16.3 Å². The molecule has 0 aliphatic heterocycles. The summed E-state index contributed by atoms with van der Waals surface area (Å²) in [5, 5.41) is 1.32. The minimum Gasteiger partial charge on any atom is -0.175 e. The lowest BCUT2D eigenvalue weighted by Gasteiger charge is -2.17. The fourth-order valence-electron chi connectivity index (χ4n) is 1.44. The Morgan fingerprint density at radius 3 is 2.36 bits per heavy atom. The van der Waals surface area contributed by atoms with E-state index in [1.165, 1.54) is 44.3 Å². The summed E-state index contributed by atoms with van der Waals surface area (Å²) >= 11 is 6.73. The summed E-state index contributed by atoms with van der Waals surface area (Å²) in [6, 6.07) is 0. The summed E-state index contributed by atoms with van der Waals surface area (Å²) in [5.41, 5.74) is 0. The highest BCUT2D eigenvalue weighted by Gasteiger charge is 2.11. The van der Waals surface area contributed by atoms with Gasteiger partial charge in [0.05, 0.1) is 0 Å². The molecule has 86 valence electrons. The van der Waals surface area contributed by atoms with Crippen LogP contribution in [0.2, 0.25) is 0 Å². The van der Waals surface area contributed by atoms with Gasteiger partial charge in [0.1, 0.15) is 0 Å². The van der Waals surface area contributed by atoms with Gasteiger partial charge >= 0.3 is 0 Å². The van der Waals surface area contributed by atoms with Crippen molar-refractivity contribution < 1.29 is 0 Å². The lowest BCUT2D eigenvalue weighted by molar-refractivity contribution is 0.702. The van der Waals surface area contributed by atoms with Crippen LogP contribution in [0.4, 0.5) is 0 Å². The zero-order chi connectivity index (χ0) is 10.8. The maximum atomic E-state index is 4.63. The lowest BCUT2D eigenvalue weighted by Crippen LogP contribution is -2.14. The molecular weight excluding hydrogens is 208 g/mol. The molecule has 0 saturated heterocycles. The SMILES string of the molecule is CCCCCCSC(C)C(S)CCC. The molecule has 0 aromatic rings. The quantitative estimate of drug-likeness (QED) is 0.442. The third-order valence-corrected chi connectivity index (χ3v) is 4.79. The molecule has 0 aliphatic rings. The van der Waals surface area contributed by atoms with Gasteiger partial charge in [-0.2, -0.15) is 24.4 Å². The van der Waals surface area contributed by atoms with Crippen molar-refractivity contribution >= 4 is 24.4 Å². The Morgan fingerprint density at radius 2 is 1.79 bits per heavy atom. The molecule has 0 radical (unpaired) electrons. The Balaban J connectivity index is 3.29. The number of thiol groups is 1. The molecule has 0 N–H and O–H groups in total. The van der Waals surface area contributed by atoms with Crippen molar-refractivity contribution in [3.05, 3.63) is 0 Å². The van der Waals surface area contributed by atoms with Crippen molar-refractivity contribution in [1.29, 1.82) is 0 Å². The summed E-state index contributed by atoms with van der Waals surface area (Å²) in [7, 11) is 0. The Hall–Kier alpha value is 0.700. The second kappa shape index (κ2) is 10.2. The number of thioether (sulfide) groups is 1. The van der Waals surface area contributed by atoms with Crippen molar-refractivity contribution in [2.75, 3.05) is 5.75 Å². The zero-order valence-electron chi connectivity index (χ0n) is 9.96. The summed E-state index contributed by atoms with van der Waals surface area (Å²) in [4.78, 5) is 0. The Labute approximate surface area is 100 Å². The predicted octanol–water partition coefficient (Wildman–Crippen LogP) is 4.79. The standard InChI is InChI=1S/C12H26S2/c1-4-6-7-8-10-14-11(3)12(13)9-5-2/h11-13H,4-10H2,1-3H3. The van der Waals surface area contributed by atoms with Gasteiger partial charge in [-0.1, -0.05) is 46.5 Å². The van der Waals surface area contributed by atoms with Crippen molar-refractivity contribution in [3.8, 4) is 0 Å². The first-order valence-electron chi connectivity index (χ1n) is 6.02. The summed E-state index contributed by atoms with van der Waals surface area (Å²) in [6.45, 7) is 6.82. The van der Waals surface area contributed by atoms with Crippen molar-refractivity contribution in [1.82, 2.24) is 0 Å². The van der Waals surface area contributed by atoms with Crippen LogP contribution in [0.3, 0.4) is 0 Å². The molecule has 0 nitrogen and oxygen atoms in total. The molecule has 0 aromatic heterocycles. The first kappa shape index (κ1) is 14.7. The first-order valence-corrected chi connectivity index (χ1v) is 7.58. The Morgan fingerprint density at radius 1 is 1.07 bits per heavy atom. The monoisotopic (exact) mass is 234 g/mol. The smallest absolute Gasteiger partial charge is 0.0135 e. The molecular formula is C12H26S2. The highest BCUT2D eigenvalue weighted by atomic mass is 32.2. The van der Waals surface area contributed by atoms with Gasteiger partial charge in [-0.05, 0) is 18.6 Å². The predicted molar refractivity (Wildman–Crippen MR) is 73.7 cm³/mol. The van der Waals surface area contributed by atoms with Crippen molar-refractivity contribution in [2.45, 2.75) is 69.8 Å². The minimum atomic E-state index is 0.594. The molecule has 2 atom stereocenters. The van der Waals surface area contributed by atoms with Gasteiger partial charge in [0.15, 0.2) is 0 Å². The van der Waals surface area contributed by atoms with Crippen molar-refractivity contribution in [2.24, 2.45) is 0 Å². The Bertz CT molecular complexity index is 115. The number of hydrogen-bond donors (Lipinski definition) is 1. The molecule has 0 saturated carbocycles. The van der Waals surface area contributed by atoms with Crippen LogP contribution in [0.5, 0.6) is 0 Å². The number of hydrogen-bond acceptors (Lipinski definition) is 2. The van der Waals surface area contributed by atoms with E-state index in [1.807, 2.05) is 0 Å². The maximum absolute atomic E-state index is 4.63. The number of unbranched alkanes of at least 4 members (excludes halogenated alkanes) is 3. The third-order valence-electron chi connectivity index (χ3n) is 2.50. The fourth-order valence-corrected chi connectivity index (χ4v) is 3.06. The van der Waals surface area contributed by atoms with Gasteiger partial charge < -0.3 is 0 Å². The van der Waals surface area contributed by atoms with Gasteiger partial charge in [-0.3, -0.25) is 0 Å². The zero-order valence-corrected chi connectivity index (χ0v) is 11.7. The fraction of sp³-hybridized carbons (Fsp3) is 1.00. The second-order valence-electron chi connectivity index (χ2n) is 3.99. The van der Waals surface area contributed by atoms with E-state index in [4.69, 9.17) is 0 Å². The summed E-state index contributed by atoms with van der Waals surface area (Å²) in [5.74, 6) is 1.32. The topological polar surface area (TPSA) is 0 Å². The lowest BCUT2D eigenvalue weighted by atomic mass is 10.2. The van der Waals surface area contributed by atoms with E-state index in [-0.39, 0.29) is 0 Å². The molecule has 14 heavy (non-hydrogen) atoms. The van der Waals surface area contributed by atoms with Gasteiger partial charge in [-0.15, -0.1) is 0 Å². The van der Waals surface area contributed by atoms with Gasteiger partial charge in [-0.25, -0.2) is 0 Å². The van der Waals surface area contributed by atoms with Crippen LogP contribution in [0.15, 0.2) is 0 Å². The molecule has 2 heteroatoms. The Kier molecular flexibility index (Phi) is 10.7. The van der Waals surface area contributed by atoms with Crippen LogP contribution in [0, 0.1) is 0 Å². The van der Waals surface area contributed by atoms with Crippen LogP contribution in [0.25, 0.3) is 0 Å². The van der Waals surface area contributed by atoms with Crippen LogP contribution >= 0.6 is 24.4 Å². The van der Waals surface area contributed by atoms with Crippen LogP contribution in [0.1, 0.15) is 59.3 Å². The largest absolute Gasteiger partial charge is 0.175 e. The average molecular weight is 234 g/mol. The average Bonchev–Trinajstić information content (AvgIpc) is 2.17. The highest BCUT2D eigenvalue weighted by molar-refractivity contribution is 8.00. The van der Waals surface area contributed by atoms with Gasteiger partial charge in [0.25, 0.3) is 0 Å². The normalized spacial score (nSPS) is 15.4. The van der Waals surface area contributed by atoms with E-state index in [9.17, 15) is 0 Å². The third kappa shape index (κ3) is 8.05. The van der Waals surface area contributed by atoms with E-state index in [0.29, 0.717) is 5.25 Å². The molecule has 0 fully saturated rings. The molecule has 0 aromatic carbocycles. The van der Waals surface area contributed by atoms with E-state index < -0.39 is 0 Å². The molecule has 0 rings (SSSR count). The molecule has 0 amide bonds.